The average Bonchev–Trinajstić information content (AvgIpc) is 3.71. The summed E-state index contributed by atoms with van der Waals surface area (Å²) in [7, 11) is 0. The molecule has 0 unspecified atom stereocenters. The molecule has 3 heterocycles. The van der Waals surface area contributed by atoms with Crippen molar-refractivity contribution in [2.45, 2.75) is 51.2 Å². The van der Waals surface area contributed by atoms with Crippen LogP contribution in [0, 0.1) is 24.2 Å². The quantitative estimate of drug-likeness (QED) is 0.180. The van der Waals surface area contributed by atoms with Crippen LogP contribution in [0.5, 0.6) is 0 Å². The second-order valence-corrected chi connectivity index (χ2v) is 10.5. The molecule has 1 fully saturated rings. The zero-order valence-electron chi connectivity index (χ0n) is 23.6. The van der Waals surface area contributed by atoms with Gasteiger partial charge in [0.2, 0.25) is 5.95 Å². The molecule has 1 aliphatic carbocycles. The summed E-state index contributed by atoms with van der Waals surface area (Å²) in [5.74, 6) is -0.635. The Bertz CT molecular complexity index is 1820. The maximum atomic E-state index is 14.0. The van der Waals surface area contributed by atoms with E-state index in [1.165, 1.54) is 18.3 Å². The van der Waals surface area contributed by atoms with Crippen LogP contribution in [-0.4, -0.2) is 25.0 Å². The molecule has 206 valence electrons. The first-order chi connectivity index (χ1) is 20.3. The van der Waals surface area contributed by atoms with E-state index in [0.29, 0.717) is 49.8 Å². The molecule has 10 heteroatoms. The van der Waals surface area contributed by atoms with Crippen molar-refractivity contribution in [1.82, 2.24) is 25.0 Å². The van der Waals surface area contributed by atoms with Gasteiger partial charge in [0.15, 0.2) is 0 Å². The van der Waals surface area contributed by atoms with Crippen molar-refractivity contribution in [2.24, 2.45) is 0 Å². The maximum absolute atomic E-state index is 14.0. The number of pyridine rings is 2. The summed E-state index contributed by atoms with van der Waals surface area (Å²) in [5, 5.41) is 26.4. The number of hydrogen-bond acceptors (Lipinski definition) is 7. The average molecular weight is 568 g/mol. The van der Waals surface area contributed by atoms with Gasteiger partial charge in [0.25, 0.3) is 0 Å². The third kappa shape index (κ3) is 5.43. The molecule has 1 saturated carbocycles. The minimum absolute atomic E-state index is 0.0695. The maximum Gasteiger partial charge on any atom is 0.213 e. The monoisotopic (exact) mass is 567 g/mol. The second kappa shape index (κ2) is 11.1. The number of aromatic nitrogens is 5. The summed E-state index contributed by atoms with van der Waals surface area (Å²) in [6, 6.07) is 17.0. The molecule has 0 aliphatic heterocycles. The number of benzene rings is 2. The lowest BCUT2D eigenvalue weighted by Crippen LogP contribution is -2.16. The number of anilines is 2. The smallest absolute Gasteiger partial charge is 0.213 e. The van der Waals surface area contributed by atoms with Gasteiger partial charge in [-0.15, -0.1) is 5.10 Å². The molecular formula is C31H28ClFN8. The van der Waals surface area contributed by atoms with E-state index in [9.17, 15) is 11.0 Å². The van der Waals surface area contributed by atoms with E-state index < -0.39 is 12.0 Å². The van der Waals surface area contributed by atoms with Gasteiger partial charge in [-0.1, -0.05) is 60.1 Å². The molecule has 2 N–H and O–H groups in total. The van der Waals surface area contributed by atoms with Crippen LogP contribution in [0.25, 0.3) is 10.9 Å². The van der Waals surface area contributed by atoms with E-state index in [1.54, 1.807) is 23.9 Å². The van der Waals surface area contributed by atoms with Gasteiger partial charge in [0.05, 0.1) is 47.5 Å². The molecule has 8 nitrogen and oxygen atoms in total. The Hall–Kier alpha value is -4.55. The number of hydrogen-bond donors (Lipinski definition) is 2. The van der Waals surface area contributed by atoms with Gasteiger partial charge >= 0.3 is 0 Å². The molecule has 2 aromatic carbocycles. The van der Waals surface area contributed by atoms with Crippen molar-refractivity contribution < 1.29 is 5.76 Å². The Kier molecular flexibility index (Phi) is 6.91. The summed E-state index contributed by atoms with van der Waals surface area (Å²) < 4.78 is 25.4. The van der Waals surface area contributed by atoms with E-state index in [1.807, 2.05) is 36.4 Å². The minimum atomic E-state index is -1.68. The standard InChI is InChI=1S/C31H28ClFN8/c1-3-26(19-7-5-4-6-8-19)38-29-20(15-34)16-35-30-24(29)13-21(14-25(30)32)37-31(23-11-12-28(33)36-18(23)2)27-17-41(40-39-27)22-9-10-22/h4-8,11-14,16-17,22,26,31,37H,3,9-10H2,1-2H3,(H,35,38)/t26-,31+/m1/s1/i31D. The van der Waals surface area contributed by atoms with Gasteiger partial charge < -0.3 is 10.6 Å². The van der Waals surface area contributed by atoms with Crippen molar-refractivity contribution in [2.75, 3.05) is 10.6 Å². The summed E-state index contributed by atoms with van der Waals surface area (Å²) in [5.41, 5.74) is 4.14. The normalized spacial score (nSPS) is 15.5. The first kappa shape index (κ1) is 25.4. The van der Waals surface area contributed by atoms with E-state index in [4.69, 9.17) is 11.6 Å². The largest absolute Gasteiger partial charge is 0.377 e. The summed E-state index contributed by atoms with van der Waals surface area (Å²) in [4.78, 5) is 8.45. The Labute approximate surface area is 243 Å². The lowest BCUT2D eigenvalue weighted by atomic mass is 10.0. The molecule has 0 radical (unpaired) electrons. The van der Waals surface area contributed by atoms with E-state index >= 15 is 0 Å². The van der Waals surface area contributed by atoms with Crippen molar-refractivity contribution in [3.05, 3.63) is 106 Å². The first-order valence-electron chi connectivity index (χ1n) is 14.0. The predicted octanol–water partition coefficient (Wildman–Crippen LogP) is 7.29. The summed E-state index contributed by atoms with van der Waals surface area (Å²) in [6.07, 6.45) is 6.04. The highest BCUT2D eigenvalue weighted by atomic mass is 35.5. The van der Waals surface area contributed by atoms with E-state index in [-0.39, 0.29) is 12.1 Å². The minimum Gasteiger partial charge on any atom is -0.377 e. The third-order valence-corrected chi connectivity index (χ3v) is 7.54. The number of nitrogens with zero attached hydrogens (tertiary/aromatic N) is 6. The van der Waals surface area contributed by atoms with Crippen molar-refractivity contribution in [1.29, 1.82) is 5.26 Å². The first-order valence-corrected chi connectivity index (χ1v) is 13.9. The highest BCUT2D eigenvalue weighted by Crippen LogP contribution is 2.38. The Morgan fingerprint density at radius 1 is 1.20 bits per heavy atom. The van der Waals surface area contributed by atoms with Crippen LogP contribution in [0.4, 0.5) is 15.8 Å². The molecule has 5 aromatic rings. The van der Waals surface area contributed by atoms with Crippen LogP contribution in [0.2, 0.25) is 5.02 Å². The van der Waals surface area contributed by atoms with Crippen molar-refractivity contribution in [3.8, 4) is 6.07 Å². The van der Waals surface area contributed by atoms with Crippen LogP contribution < -0.4 is 10.6 Å². The highest BCUT2D eigenvalue weighted by molar-refractivity contribution is 6.35. The fraction of sp³-hybridized carbons (Fsp3) is 0.258. The molecule has 3 aromatic heterocycles. The number of halogens is 2. The van der Waals surface area contributed by atoms with Gasteiger partial charge in [0, 0.05) is 28.5 Å². The lowest BCUT2D eigenvalue weighted by Gasteiger charge is -2.23. The molecule has 41 heavy (non-hydrogen) atoms. The Balaban J connectivity index is 1.48. The van der Waals surface area contributed by atoms with Crippen LogP contribution in [0.3, 0.4) is 0 Å². The van der Waals surface area contributed by atoms with Crippen LogP contribution in [0.15, 0.2) is 67.0 Å². The second-order valence-electron chi connectivity index (χ2n) is 10.1. The number of nitriles is 1. The van der Waals surface area contributed by atoms with Gasteiger partial charge in [-0.05, 0) is 49.9 Å². The van der Waals surface area contributed by atoms with E-state index in [2.05, 4.69) is 43.9 Å². The molecule has 0 spiro atoms. The Morgan fingerprint density at radius 3 is 2.71 bits per heavy atom. The predicted molar refractivity (Wildman–Crippen MR) is 157 cm³/mol. The lowest BCUT2D eigenvalue weighted by molar-refractivity contribution is 0.577. The number of rotatable bonds is 9. The molecule has 6 rings (SSSR count). The molecular weight excluding hydrogens is 539 g/mol. The number of fused-ring (bicyclic) bond motifs is 1. The third-order valence-electron chi connectivity index (χ3n) is 7.25. The van der Waals surface area contributed by atoms with Gasteiger partial charge in [-0.25, -0.2) is 9.67 Å². The van der Waals surface area contributed by atoms with Gasteiger partial charge in [-0.3, -0.25) is 4.98 Å². The Morgan fingerprint density at radius 2 is 2.00 bits per heavy atom. The van der Waals surface area contributed by atoms with Crippen LogP contribution in [0.1, 0.15) is 73.7 Å². The summed E-state index contributed by atoms with van der Waals surface area (Å²) >= 11 is 6.78. The van der Waals surface area contributed by atoms with Gasteiger partial charge in [-0.2, -0.15) is 9.65 Å². The van der Waals surface area contributed by atoms with Crippen molar-refractivity contribution in [3.63, 3.8) is 0 Å². The zero-order valence-corrected chi connectivity index (χ0v) is 23.3. The van der Waals surface area contributed by atoms with Gasteiger partial charge in [0.1, 0.15) is 11.8 Å². The molecule has 0 saturated heterocycles. The molecule has 0 amide bonds. The SMILES string of the molecule is [2H][C@@](Nc1cc(Cl)c2ncc(C#N)c(N[C@H](CC)c3ccccc3)c2c1)(c1cn(C2CC2)nn1)c1ccc(F)nc1C. The zero-order chi connectivity index (χ0) is 29.4. The fourth-order valence-corrected chi connectivity index (χ4v) is 5.24. The van der Waals surface area contributed by atoms with Crippen LogP contribution >= 0.6 is 11.6 Å². The number of nitrogens with one attached hydrogen (secondary N) is 2. The van der Waals surface area contributed by atoms with Crippen LogP contribution in [-0.2, 0) is 0 Å². The highest BCUT2D eigenvalue weighted by Gasteiger charge is 2.28. The molecule has 2 atom stereocenters. The molecule has 0 bridgehead atoms. The van der Waals surface area contributed by atoms with Crippen molar-refractivity contribution >= 4 is 33.9 Å². The molecule has 1 aliphatic rings. The fourth-order valence-electron chi connectivity index (χ4n) is 4.97. The van der Waals surface area contributed by atoms with E-state index in [0.717, 1.165) is 24.8 Å². The summed E-state index contributed by atoms with van der Waals surface area (Å²) in [6.45, 7) is 3.73. The number of aryl methyl sites for hydroxylation is 1. The topological polar surface area (TPSA) is 104 Å².